The van der Waals surface area contributed by atoms with Gasteiger partial charge in [0.2, 0.25) is 41.4 Å². The number of carbonyl (C=O) groups is 10. The van der Waals surface area contributed by atoms with E-state index in [2.05, 4.69) is 43.2 Å². The predicted molar refractivity (Wildman–Crippen MR) is 277 cm³/mol. The number of hydrogen-bond acceptors (Lipinski definition) is 16. The Bertz CT molecular complexity index is 2260. The number of hydrogen-bond donors (Lipinski definition) is 10. The highest BCUT2D eigenvalue weighted by molar-refractivity contribution is 8.68. The molecule has 2 fully saturated rings. The number of thiol groups is 1. The Morgan fingerprint density at radius 2 is 1.42 bits per heavy atom. The van der Waals surface area contributed by atoms with Gasteiger partial charge >= 0.3 is 5.97 Å². The number of ether oxygens (including phenoxy) is 1. The van der Waals surface area contributed by atoms with Crippen LogP contribution < -0.4 is 43.8 Å². The monoisotopic (exact) mass is 1060 g/mol. The molecule has 404 valence electrons. The van der Waals surface area contributed by atoms with Gasteiger partial charge in [0, 0.05) is 55.3 Å². The van der Waals surface area contributed by atoms with Crippen LogP contribution in [0, 0.1) is 0 Å². The van der Waals surface area contributed by atoms with Crippen molar-refractivity contribution in [2.45, 2.75) is 139 Å². The Labute approximate surface area is 434 Å². The molecule has 25 heteroatoms. The maximum atomic E-state index is 14.1. The van der Waals surface area contributed by atoms with Gasteiger partial charge in [-0.1, -0.05) is 29.0 Å². The van der Waals surface area contributed by atoms with E-state index in [0.717, 1.165) is 34.7 Å². The van der Waals surface area contributed by atoms with Crippen LogP contribution in [0.15, 0.2) is 30.5 Å². The topological polar surface area (TPSA) is 344 Å². The Hall–Kier alpha value is -5.76. The highest BCUT2D eigenvalue weighted by Gasteiger charge is 2.40. The van der Waals surface area contributed by atoms with Crippen LogP contribution in [0.1, 0.15) is 90.0 Å². The van der Waals surface area contributed by atoms with Gasteiger partial charge in [-0.3, -0.25) is 43.2 Å². The summed E-state index contributed by atoms with van der Waals surface area (Å²) in [4.78, 5) is 141. The lowest BCUT2D eigenvalue weighted by atomic mass is 10.0. The first-order chi connectivity index (χ1) is 34.7. The summed E-state index contributed by atoms with van der Waals surface area (Å²) < 4.78 is 5.60. The minimum atomic E-state index is -1.38. The third-order valence-electron chi connectivity index (χ3n) is 12.7. The second-order valence-electron chi connectivity index (χ2n) is 18.9. The highest BCUT2D eigenvalue weighted by Crippen LogP contribution is 2.22. The molecule has 8 atom stereocenters. The van der Waals surface area contributed by atoms with Crippen molar-refractivity contribution in [1.82, 2.24) is 46.3 Å². The van der Waals surface area contributed by atoms with Crippen molar-refractivity contribution in [2.24, 2.45) is 17.2 Å². The standard InChI is InChI=1S/C48H74N12O11S2/c1-28(61)23-36(47(69)60-22-11-17-38(60)41(51)63)56-44(66)35(15-7-9-19-52-43(65)32(50)27-73-72)55-46(68)39-18-12-21-59(39)40(62)26-71-48(70)37(24-30-25-53-33-14-6-5-13-31(30)33)57-45(67)34(54-42(64)29(2)49)16-8-10-20-58(3)4/h5-6,13-14,25,29,32,34-39,53,72H,7-12,15-24,26-27,49-50H2,1-4H3,(H2,51,63)(H,52,65)(H,54,64)(H,55,68)(H,56,66)(H,57,67)/t29-,32-,34-,35-,36-,37-,38-,39-/m0/s1. The maximum Gasteiger partial charge on any atom is 0.329 e. The first kappa shape index (κ1) is 59.8. The van der Waals surface area contributed by atoms with Crippen molar-refractivity contribution in [2.75, 3.05) is 52.6 Å². The fourth-order valence-corrected chi connectivity index (χ4v) is 9.58. The van der Waals surface area contributed by atoms with Crippen molar-refractivity contribution < 1.29 is 52.7 Å². The largest absolute Gasteiger partial charge is 0.454 e. The van der Waals surface area contributed by atoms with E-state index >= 15 is 0 Å². The SMILES string of the molecule is CC(=O)C[C@H](NC(=O)[C@H](CCCCNC(=O)[C@@H](N)CSS)NC(=O)[C@@H]1CCCN1C(=O)COC(=O)[C@H](Cc1c[nH]c2ccccc12)NC(=O)[C@H](CCCCN(C)C)NC(=O)[C@H](C)N)C(=O)N1CCC[C@H]1C(N)=O. The number of benzene rings is 1. The van der Waals surface area contributed by atoms with Gasteiger partial charge in [0.05, 0.1) is 12.1 Å². The number of aromatic amines is 1. The number of ketones is 1. The van der Waals surface area contributed by atoms with E-state index in [-0.39, 0.29) is 57.5 Å². The zero-order valence-electron chi connectivity index (χ0n) is 42.2. The number of unbranched alkanes of at least 4 members (excludes halogenated alkanes) is 2. The normalized spacial score (nSPS) is 18.0. The lowest BCUT2D eigenvalue weighted by Gasteiger charge is -2.30. The van der Waals surface area contributed by atoms with E-state index in [1.807, 2.05) is 43.3 Å². The number of nitrogens with one attached hydrogen (secondary N) is 6. The zero-order valence-corrected chi connectivity index (χ0v) is 43.9. The molecule has 2 saturated heterocycles. The van der Waals surface area contributed by atoms with E-state index in [1.165, 1.54) is 23.6 Å². The molecule has 2 aliphatic heterocycles. The number of esters is 1. The highest BCUT2D eigenvalue weighted by atomic mass is 33.1. The molecule has 0 saturated carbocycles. The molecule has 12 N–H and O–H groups in total. The van der Waals surface area contributed by atoms with Gasteiger partial charge in [0.15, 0.2) is 6.61 Å². The van der Waals surface area contributed by atoms with Gasteiger partial charge in [-0.25, -0.2) is 4.79 Å². The molecule has 2 aromatic rings. The van der Waals surface area contributed by atoms with Crippen LogP contribution in [0.4, 0.5) is 0 Å². The summed E-state index contributed by atoms with van der Waals surface area (Å²) >= 11 is 4.03. The number of likely N-dealkylation sites (tertiary alicyclic amines) is 2. The van der Waals surface area contributed by atoms with Crippen molar-refractivity contribution in [3.8, 4) is 0 Å². The van der Waals surface area contributed by atoms with Gasteiger partial charge < -0.3 is 68.2 Å². The third kappa shape index (κ3) is 18.6. The summed E-state index contributed by atoms with van der Waals surface area (Å²) in [6.07, 6.45) is 4.83. The first-order valence-electron chi connectivity index (χ1n) is 24.7. The van der Waals surface area contributed by atoms with Crippen LogP contribution in [0.25, 0.3) is 10.9 Å². The zero-order chi connectivity index (χ0) is 53.8. The summed E-state index contributed by atoms with van der Waals surface area (Å²) in [5.74, 6) is -6.33. The minimum absolute atomic E-state index is 0.00822. The third-order valence-corrected chi connectivity index (χ3v) is 13.7. The number of H-pyrrole nitrogens is 1. The fraction of sp³-hybridized carbons (Fsp3) is 0.625. The summed E-state index contributed by atoms with van der Waals surface area (Å²) in [5.41, 5.74) is 18.7. The number of primary amides is 1. The molecule has 2 aliphatic rings. The molecule has 1 aromatic carbocycles. The van der Waals surface area contributed by atoms with Gasteiger partial charge in [-0.05, 0) is 110 Å². The molecule has 0 unspecified atom stereocenters. The Kier molecular flexibility index (Phi) is 24.4. The summed E-state index contributed by atoms with van der Waals surface area (Å²) in [6.45, 7) is 3.16. The number of para-hydroxylation sites is 1. The van der Waals surface area contributed by atoms with Gasteiger partial charge in [-0.2, -0.15) is 0 Å². The van der Waals surface area contributed by atoms with Crippen molar-refractivity contribution >= 4 is 92.4 Å². The molecule has 73 heavy (non-hydrogen) atoms. The lowest BCUT2D eigenvalue weighted by Crippen LogP contribution is -2.58. The minimum Gasteiger partial charge on any atom is -0.454 e. The molecule has 0 bridgehead atoms. The van der Waals surface area contributed by atoms with Crippen LogP contribution in [0.3, 0.4) is 0 Å². The Morgan fingerprint density at radius 1 is 0.808 bits per heavy atom. The molecule has 0 aliphatic carbocycles. The number of nitrogens with two attached hydrogens (primary N) is 3. The second kappa shape index (κ2) is 29.8. The fourth-order valence-electron chi connectivity index (χ4n) is 8.78. The number of aromatic nitrogens is 1. The average Bonchev–Trinajstić information content (AvgIpc) is 4.14. The van der Waals surface area contributed by atoms with Crippen LogP contribution in [0.5, 0.6) is 0 Å². The quantitative estimate of drug-likeness (QED) is 0.0192. The van der Waals surface area contributed by atoms with Crippen LogP contribution in [-0.2, 0) is 59.1 Å². The number of nitrogens with zero attached hydrogens (tertiary/aromatic N) is 3. The number of carbonyl (C=O) groups excluding carboxylic acids is 10. The predicted octanol–water partition coefficient (Wildman–Crippen LogP) is -1.09. The second-order valence-corrected chi connectivity index (χ2v) is 20.3. The maximum absolute atomic E-state index is 14.1. The van der Waals surface area contributed by atoms with Crippen molar-refractivity contribution in [3.63, 3.8) is 0 Å². The Morgan fingerprint density at radius 3 is 2.07 bits per heavy atom. The first-order valence-corrected chi connectivity index (χ1v) is 26.8. The molecular weight excluding hydrogens is 985 g/mol. The average molecular weight is 1060 g/mol. The van der Waals surface area contributed by atoms with Crippen LogP contribution in [0.2, 0.25) is 0 Å². The lowest BCUT2D eigenvalue weighted by molar-refractivity contribution is -0.155. The van der Waals surface area contributed by atoms with E-state index in [0.29, 0.717) is 37.7 Å². The number of rotatable bonds is 30. The van der Waals surface area contributed by atoms with Crippen molar-refractivity contribution in [3.05, 3.63) is 36.0 Å². The molecule has 1 aromatic heterocycles. The molecule has 0 radical (unpaired) electrons. The molecular formula is C48H74N12O11S2. The summed E-state index contributed by atoms with van der Waals surface area (Å²) in [7, 11) is 4.96. The Balaban J connectivity index is 1.50. The molecule has 4 rings (SSSR count). The van der Waals surface area contributed by atoms with Gasteiger partial charge in [0.25, 0.3) is 5.91 Å². The van der Waals surface area contributed by atoms with Crippen LogP contribution in [-0.4, -0.2) is 180 Å². The number of fused-ring (bicyclic) bond motifs is 1. The number of Topliss-reactive ketones (excluding diaryl/α,β-unsaturated/α-hetero) is 1. The van der Waals surface area contributed by atoms with Gasteiger partial charge in [0.1, 0.15) is 42.0 Å². The molecule has 0 spiro atoms. The van der Waals surface area contributed by atoms with Gasteiger partial charge in [-0.15, -0.1) is 11.7 Å². The molecule has 23 nitrogen and oxygen atoms in total. The van der Waals surface area contributed by atoms with Crippen LogP contribution >= 0.6 is 22.5 Å². The van der Waals surface area contributed by atoms with E-state index in [1.54, 1.807) is 6.20 Å². The van der Waals surface area contributed by atoms with E-state index in [4.69, 9.17) is 21.9 Å². The molecule has 8 amide bonds. The summed E-state index contributed by atoms with van der Waals surface area (Å²) in [5, 5.41) is 14.3. The summed E-state index contributed by atoms with van der Waals surface area (Å²) in [6, 6.07) is -1.41. The number of amides is 8. The molecule has 3 heterocycles. The van der Waals surface area contributed by atoms with Crippen molar-refractivity contribution in [1.29, 1.82) is 0 Å². The van der Waals surface area contributed by atoms with E-state index < -0.39 is 120 Å². The smallest absolute Gasteiger partial charge is 0.329 e. The van der Waals surface area contributed by atoms with E-state index in [9.17, 15) is 47.9 Å².